The molecular formula is C30H37N5O4. The Kier molecular flexibility index (Phi) is 7.32. The molecule has 2 aliphatic heterocycles. The number of para-hydroxylation sites is 1. The third-order valence-corrected chi connectivity index (χ3v) is 8.60. The maximum Gasteiger partial charge on any atom is 0.321 e. The van der Waals surface area contributed by atoms with Crippen LogP contribution in [0, 0.1) is 5.92 Å². The largest absolute Gasteiger partial charge is 0.486 e. The van der Waals surface area contributed by atoms with E-state index in [0.29, 0.717) is 49.4 Å². The summed E-state index contributed by atoms with van der Waals surface area (Å²) in [4.78, 5) is 30.6. The number of hydrogen-bond acceptors (Lipinski definition) is 5. The Morgan fingerprint density at radius 2 is 1.69 bits per heavy atom. The second-order valence-electron chi connectivity index (χ2n) is 11.0. The Morgan fingerprint density at radius 1 is 0.949 bits per heavy atom. The van der Waals surface area contributed by atoms with Crippen molar-refractivity contribution in [3.05, 3.63) is 54.2 Å². The average molecular weight is 532 g/mol. The minimum absolute atomic E-state index is 0.118. The average Bonchev–Trinajstić information content (AvgIpc) is 3.40. The Bertz CT molecular complexity index is 1320. The molecule has 9 nitrogen and oxygen atoms in total. The summed E-state index contributed by atoms with van der Waals surface area (Å²) in [6.07, 6.45) is 7.84. The van der Waals surface area contributed by atoms with Gasteiger partial charge in [0.25, 0.3) is 0 Å². The maximum atomic E-state index is 12.9. The first-order chi connectivity index (χ1) is 19.0. The van der Waals surface area contributed by atoms with Crippen molar-refractivity contribution in [3.8, 4) is 11.5 Å². The van der Waals surface area contributed by atoms with Gasteiger partial charge >= 0.3 is 6.03 Å². The molecule has 3 aliphatic rings. The van der Waals surface area contributed by atoms with Crippen molar-refractivity contribution in [2.24, 2.45) is 11.7 Å². The highest BCUT2D eigenvalue weighted by atomic mass is 16.6. The number of carbonyl (C=O) groups is 2. The first-order valence-electron chi connectivity index (χ1n) is 14.1. The van der Waals surface area contributed by atoms with Crippen molar-refractivity contribution in [1.82, 2.24) is 15.2 Å². The normalized spacial score (nSPS) is 22.4. The van der Waals surface area contributed by atoms with Crippen molar-refractivity contribution in [1.29, 1.82) is 0 Å². The van der Waals surface area contributed by atoms with Crippen LogP contribution < -0.4 is 25.8 Å². The van der Waals surface area contributed by atoms with Crippen LogP contribution in [0.25, 0.3) is 10.9 Å². The molecule has 3 aromatic rings. The number of ether oxygens (including phenoxy) is 2. The number of aromatic amines is 1. The van der Waals surface area contributed by atoms with Gasteiger partial charge in [-0.05, 0) is 74.1 Å². The summed E-state index contributed by atoms with van der Waals surface area (Å²) in [5.74, 6) is 1.68. The van der Waals surface area contributed by atoms with E-state index in [9.17, 15) is 9.59 Å². The fourth-order valence-corrected chi connectivity index (χ4v) is 6.47. The number of benzene rings is 2. The van der Waals surface area contributed by atoms with E-state index in [4.69, 9.17) is 15.2 Å². The van der Waals surface area contributed by atoms with E-state index in [1.165, 1.54) is 16.5 Å². The zero-order valence-corrected chi connectivity index (χ0v) is 22.2. The molecule has 2 aromatic carbocycles. The standard InChI is InChI=1S/C30H37N5O4/c31-29(36)28(33-21-7-5-19(6-8-21)24-18-32-25-4-2-1-3-23(24)25)20-11-13-35(14-12-20)30(37)34-22-9-10-26-27(17-22)39-16-15-38-26/h1-4,9-10,17-21,28,32-33H,5-8,11-16H2,(H2,31,36)(H,34,37). The Labute approximate surface area is 228 Å². The van der Waals surface area contributed by atoms with Crippen molar-refractivity contribution in [2.75, 3.05) is 31.6 Å². The minimum atomic E-state index is -0.373. The number of amides is 3. The van der Waals surface area contributed by atoms with Gasteiger partial charge in [0.15, 0.2) is 11.5 Å². The lowest BCUT2D eigenvalue weighted by atomic mass is 9.80. The summed E-state index contributed by atoms with van der Waals surface area (Å²) in [5, 5.41) is 7.89. The molecule has 5 N–H and O–H groups in total. The lowest BCUT2D eigenvalue weighted by molar-refractivity contribution is -0.122. The molecule has 3 amide bonds. The van der Waals surface area contributed by atoms with Crippen molar-refractivity contribution in [3.63, 3.8) is 0 Å². The van der Waals surface area contributed by atoms with Crippen LogP contribution in [0.15, 0.2) is 48.7 Å². The molecule has 0 bridgehead atoms. The molecule has 1 atom stereocenters. The van der Waals surface area contributed by atoms with Crippen LogP contribution in [-0.2, 0) is 4.79 Å². The number of fused-ring (bicyclic) bond motifs is 2. The molecule has 9 heteroatoms. The first kappa shape index (κ1) is 25.6. The number of primary amides is 1. The quantitative estimate of drug-likeness (QED) is 0.377. The lowest BCUT2D eigenvalue weighted by Crippen LogP contribution is -2.54. The zero-order chi connectivity index (χ0) is 26.8. The van der Waals surface area contributed by atoms with Gasteiger partial charge in [-0.25, -0.2) is 4.79 Å². The number of rotatable bonds is 6. The SMILES string of the molecule is NC(=O)C(NC1CCC(c2c[nH]c3ccccc23)CC1)C1CCN(C(=O)Nc2ccc3c(c2)OCCO3)CC1. The molecule has 1 aliphatic carbocycles. The third-order valence-electron chi connectivity index (χ3n) is 8.60. The molecule has 3 heterocycles. The van der Waals surface area contributed by atoms with E-state index in [1.54, 1.807) is 11.0 Å². The molecule has 39 heavy (non-hydrogen) atoms. The second kappa shape index (κ2) is 11.2. The van der Waals surface area contributed by atoms with Gasteiger partial charge in [0, 0.05) is 48.0 Å². The molecule has 1 aromatic heterocycles. The minimum Gasteiger partial charge on any atom is -0.486 e. The van der Waals surface area contributed by atoms with Gasteiger partial charge in [0.1, 0.15) is 13.2 Å². The summed E-state index contributed by atoms with van der Waals surface area (Å²) >= 11 is 0. The van der Waals surface area contributed by atoms with Gasteiger partial charge in [-0.1, -0.05) is 18.2 Å². The third kappa shape index (κ3) is 5.54. The van der Waals surface area contributed by atoms with Gasteiger partial charge in [0.05, 0.1) is 6.04 Å². The van der Waals surface area contributed by atoms with Crippen molar-refractivity contribution < 1.29 is 19.1 Å². The highest BCUT2D eigenvalue weighted by Crippen LogP contribution is 2.37. The van der Waals surface area contributed by atoms with E-state index < -0.39 is 0 Å². The van der Waals surface area contributed by atoms with Crippen LogP contribution in [0.2, 0.25) is 0 Å². The van der Waals surface area contributed by atoms with Crippen LogP contribution >= 0.6 is 0 Å². The number of aromatic nitrogens is 1. The molecule has 0 spiro atoms. The smallest absolute Gasteiger partial charge is 0.321 e. The van der Waals surface area contributed by atoms with Crippen molar-refractivity contribution >= 4 is 28.5 Å². The number of nitrogens with one attached hydrogen (secondary N) is 3. The molecule has 6 rings (SSSR count). The number of likely N-dealkylation sites (tertiary alicyclic amines) is 1. The number of hydrogen-bond donors (Lipinski definition) is 4. The van der Waals surface area contributed by atoms with Gasteiger partial charge < -0.3 is 35.7 Å². The van der Waals surface area contributed by atoms with Crippen LogP contribution in [0.1, 0.15) is 50.0 Å². The fraction of sp³-hybridized carbons (Fsp3) is 0.467. The molecular weight excluding hydrogens is 494 g/mol. The number of H-pyrrole nitrogens is 1. The molecule has 1 saturated heterocycles. The molecule has 206 valence electrons. The maximum absolute atomic E-state index is 12.9. The zero-order valence-electron chi connectivity index (χ0n) is 22.2. The number of urea groups is 1. The number of carbonyl (C=O) groups excluding carboxylic acids is 2. The summed E-state index contributed by atoms with van der Waals surface area (Å²) < 4.78 is 11.2. The lowest BCUT2D eigenvalue weighted by Gasteiger charge is -2.38. The van der Waals surface area contributed by atoms with E-state index in [0.717, 1.165) is 38.5 Å². The van der Waals surface area contributed by atoms with E-state index in [1.807, 2.05) is 12.1 Å². The number of piperidine rings is 1. The highest BCUT2D eigenvalue weighted by molar-refractivity contribution is 5.90. The Balaban J connectivity index is 0.999. The first-order valence-corrected chi connectivity index (χ1v) is 14.1. The van der Waals surface area contributed by atoms with Crippen LogP contribution in [0.4, 0.5) is 10.5 Å². The van der Waals surface area contributed by atoms with E-state index in [2.05, 4.69) is 46.1 Å². The van der Waals surface area contributed by atoms with Crippen LogP contribution in [0.5, 0.6) is 11.5 Å². The van der Waals surface area contributed by atoms with Crippen LogP contribution in [0.3, 0.4) is 0 Å². The Hall–Kier alpha value is -3.72. The highest BCUT2D eigenvalue weighted by Gasteiger charge is 2.34. The van der Waals surface area contributed by atoms with E-state index >= 15 is 0 Å². The summed E-state index contributed by atoms with van der Waals surface area (Å²) in [7, 11) is 0. The van der Waals surface area contributed by atoms with E-state index in [-0.39, 0.29) is 29.9 Å². The number of nitrogens with zero attached hydrogens (tertiary/aromatic N) is 1. The fourth-order valence-electron chi connectivity index (χ4n) is 6.47. The topological polar surface area (TPSA) is 122 Å². The van der Waals surface area contributed by atoms with Gasteiger partial charge in [0.2, 0.25) is 5.91 Å². The molecule has 2 fully saturated rings. The van der Waals surface area contributed by atoms with Gasteiger partial charge in [-0.2, -0.15) is 0 Å². The Morgan fingerprint density at radius 3 is 2.46 bits per heavy atom. The van der Waals surface area contributed by atoms with Gasteiger partial charge in [-0.15, -0.1) is 0 Å². The summed E-state index contributed by atoms with van der Waals surface area (Å²) in [6.45, 7) is 2.19. The number of anilines is 1. The van der Waals surface area contributed by atoms with Gasteiger partial charge in [-0.3, -0.25) is 4.79 Å². The van der Waals surface area contributed by atoms with Crippen molar-refractivity contribution in [2.45, 2.75) is 56.5 Å². The summed E-state index contributed by atoms with van der Waals surface area (Å²) in [5.41, 5.74) is 9.14. The number of nitrogens with two attached hydrogens (primary N) is 1. The second-order valence-corrected chi connectivity index (χ2v) is 11.0. The monoisotopic (exact) mass is 531 g/mol. The summed E-state index contributed by atoms with van der Waals surface area (Å²) in [6, 6.07) is 13.6. The predicted molar refractivity (Wildman–Crippen MR) is 150 cm³/mol. The predicted octanol–water partition coefficient (Wildman–Crippen LogP) is 4.35. The van der Waals surface area contributed by atoms with Crippen LogP contribution in [-0.4, -0.2) is 60.2 Å². The molecule has 1 saturated carbocycles. The molecule has 1 unspecified atom stereocenters. The molecule has 0 radical (unpaired) electrons.